The molecule has 1 aromatic rings. The van der Waals surface area contributed by atoms with E-state index in [-0.39, 0.29) is 11.5 Å². The Labute approximate surface area is 81.3 Å². The predicted octanol–water partition coefficient (Wildman–Crippen LogP) is 0.0121. The fraction of sp³-hybridized carbons (Fsp3) is 0.111. The fourth-order valence-corrected chi connectivity index (χ4v) is 1.06. The van der Waals surface area contributed by atoms with E-state index in [4.69, 9.17) is 11.6 Å². The van der Waals surface area contributed by atoms with Gasteiger partial charge in [-0.15, -0.1) is 0 Å². The van der Waals surface area contributed by atoms with Crippen LogP contribution in [0.2, 0.25) is 0 Å². The number of para-hydroxylation sites is 1. The highest BCUT2D eigenvalue weighted by molar-refractivity contribution is 6.03. The van der Waals surface area contributed by atoms with Crippen molar-refractivity contribution in [2.45, 2.75) is 6.92 Å². The summed E-state index contributed by atoms with van der Waals surface area (Å²) >= 11 is 0. The largest absolute Gasteiger partial charge is 0.366 e. The standard InChI is InChI=1S/C9H11N3O2/c1-6(13)12(11)8-5-3-2-4-7(8)9(10)14/h2-5H,11H2,1H3,(H2,10,14). The van der Waals surface area contributed by atoms with Crippen LogP contribution in [0.25, 0.3) is 0 Å². The molecule has 0 saturated carbocycles. The van der Waals surface area contributed by atoms with Gasteiger partial charge in [0, 0.05) is 6.92 Å². The van der Waals surface area contributed by atoms with Gasteiger partial charge in [-0.1, -0.05) is 12.1 Å². The smallest absolute Gasteiger partial charge is 0.250 e. The molecular formula is C9H11N3O2. The van der Waals surface area contributed by atoms with Crippen molar-refractivity contribution < 1.29 is 9.59 Å². The minimum absolute atomic E-state index is 0.227. The highest BCUT2D eigenvalue weighted by Crippen LogP contribution is 2.17. The van der Waals surface area contributed by atoms with Crippen LogP contribution in [-0.4, -0.2) is 11.8 Å². The van der Waals surface area contributed by atoms with Gasteiger partial charge in [-0.3, -0.25) is 9.59 Å². The average molecular weight is 193 g/mol. The van der Waals surface area contributed by atoms with Crippen LogP contribution in [0, 0.1) is 0 Å². The number of nitrogens with zero attached hydrogens (tertiary/aromatic N) is 1. The van der Waals surface area contributed by atoms with Gasteiger partial charge in [0.2, 0.25) is 5.91 Å². The quantitative estimate of drug-likeness (QED) is 0.394. The van der Waals surface area contributed by atoms with Crippen LogP contribution >= 0.6 is 0 Å². The topological polar surface area (TPSA) is 89.4 Å². The molecule has 0 heterocycles. The van der Waals surface area contributed by atoms with E-state index in [1.807, 2.05) is 0 Å². The van der Waals surface area contributed by atoms with Crippen molar-refractivity contribution in [3.63, 3.8) is 0 Å². The molecule has 1 rings (SSSR count). The molecule has 2 amide bonds. The maximum absolute atomic E-state index is 11.0. The van der Waals surface area contributed by atoms with Crippen LogP contribution in [0.15, 0.2) is 24.3 Å². The van der Waals surface area contributed by atoms with Crippen molar-refractivity contribution in [3.05, 3.63) is 29.8 Å². The van der Waals surface area contributed by atoms with Gasteiger partial charge >= 0.3 is 0 Å². The number of anilines is 1. The molecule has 1 aromatic carbocycles. The molecule has 0 spiro atoms. The molecule has 0 saturated heterocycles. The summed E-state index contributed by atoms with van der Waals surface area (Å²) in [6.45, 7) is 1.30. The molecule has 0 radical (unpaired) electrons. The summed E-state index contributed by atoms with van der Waals surface area (Å²) in [5.74, 6) is 4.48. The molecular weight excluding hydrogens is 182 g/mol. The molecule has 0 atom stereocenters. The summed E-state index contributed by atoms with van der Waals surface area (Å²) in [4.78, 5) is 21.9. The summed E-state index contributed by atoms with van der Waals surface area (Å²) in [6.07, 6.45) is 0. The Morgan fingerprint density at radius 3 is 2.36 bits per heavy atom. The average Bonchev–Trinajstić information content (AvgIpc) is 2.16. The van der Waals surface area contributed by atoms with Crippen molar-refractivity contribution in [2.24, 2.45) is 11.6 Å². The molecule has 0 bridgehead atoms. The first kappa shape index (κ1) is 10.2. The highest BCUT2D eigenvalue weighted by Gasteiger charge is 2.13. The Bertz CT molecular complexity index is 376. The summed E-state index contributed by atoms with van der Waals surface area (Å²) in [7, 11) is 0. The van der Waals surface area contributed by atoms with Gasteiger partial charge in [0.15, 0.2) is 0 Å². The Morgan fingerprint density at radius 1 is 1.29 bits per heavy atom. The van der Waals surface area contributed by atoms with E-state index in [1.54, 1.807) is 18.2 Å². The number of hydrogen-bond donors (Lipinski definition) is 2. The summed E-state index contributed by atoms with van der Waals surface area (Å²) in [5, 5.41) is 0.889. The molecule has 0 aliphatic heterocycles. The van der Waals surface area contributed by atoms with Crippen molar-refractivity contribution in [2.75, 3.05) is 5.01 Å². The van der Waals surface area contributed by atoms with Crippen LogP contribution < -0.4 is 16.6 Å². The molecule has 0 fully saturated rings. The number of carbonyl (C=O) groups is 2. The zero-order valence-electron chi connectivity index (χ0n) is 7.73. The van der Waals surface area contributed by atoms with Gasteiger partial charge in [0.05, 0.1) is 11.3 Å². The number of carbonyl (C=O) groups excluding carboxylic acids is 2. The lowest BCUT2D eigenvalue weighted by Gasteiger charge is -2.16. The Hall–Kier alpha value is -1.88. The van der Waals surface area contributed by atoms with E-state index < -0.39 is 5.91 Å². The molecule has 14 heavy (non-hydrogen) atoms. The van der Waals surface area contributed by atoms with E-state index in [0.29, 0.717) is 5.69 Å². The molecule has 0 aliphatic rings. The minimum atomic E-state index is -0.614. The van der Waals surface area contributed by atoms with E-state index >= 15 is 0 Å². The van der Waals surface area contributed by atoms with Crippen LogP contribution in [0.4, 0.5) is 5.69 Å². The van der Waals surface area contributed by atoms with Gasteiger partial charge in [0.25, 0.3) is 5.91 Å². The monoisotopic (exact) mass is 193 g/mol. The molecule has 0 unspecified atom stereocenters. The molecule has 4 N–H and O–H groups in total. The summed E-state index contributed by atoms with van der Waals surface area (Å²) in [6, 6.07) is 6.39. The van der Waals surface area contributed by atoms with E-state index in [1.165, 1.54) is 13.0 Å². The normalized spacial score (nSPS) is 9.57. The van der Waals surface area contributed by atoms with E-state index in [2.05, 4.69) is 0 Å². The van der Waals surface area contributed by atoms with Crippen LogP contribution in [0.5, 0.6) is 0 Å². The molecule has 5 nitrogen and oxygen atoms in total. The van der Waals surface area contributed by atoms with Crippen molar-refractivity contribution in [3.8, 4) is 0 Å². The maximum atomic E-state index is 11.0. The number of benzene rings is 1. The first-order chi connectivity index (χ1) is 6.54. The van der Waals surface area contributed by atoms with Gasteiger partial charge in [-0.05, 0) is 12.1 Å². The van der Waals surface area contributed by atoms with E-state index in [0.717, 1.165) is 5.01 Å². The van der Waals surface area contributed by atoms with Crippen LogP contribution in [-0.2, 0) is 4.79 Å². The van der Waals surface area contributed by atoms with Gasteiger partial charge in [-0.25, -0.2) is 10.9 Å². The predicted molar refractivity (Wildman–Crippen MR) is 52.3 cm³/mol. The van der Waals surface area contributed by atoms with Crippen LogP contribution in [0.3, 0.4) is 0 Å². The lowest BCUT2D eigenvalue weighted by molar-refractivity contribution is -0.116. The van der Waals surface area contributed by atoms with Crippen LogP contribution in [0.1, 0.15) is 17.3 Å². The molecule has 74 valence electrons. The Balaban J connectivity index is 3.19. The highest BCUT2D eigenvalue weighted by atomic mass is 16.2. The third kappa shape index (κ3) is 1.89. The van der Waals surface area contributed by atoms with Crippen molar-refractivity contribution in [1.82, 2.24) is 0 Å². The van der Waals surface area contributed by atoms with Crippen molar-refractivity contribution in [1.29, 1.82) is 0 Å². The third-order valence-corrected chi connectivity index (χ3v) is 1.77. The fourth-order valence-electron chi connectivity index (χ4n) is 1.06. The van der Waals surface area contributed by atoms with Crippen molar-refractivity contribution >= 4 is 17.5 Å². The number of nitrogens with two attached hydrogens (primary N) is 2. The Morgan fingerprint density at radius 2 is 1.86 bits per heavy atom. The first-order valence-corrected chi connectivity index (χ1v) is 3.98. The zero-order valence-corrected chi connectivity index (χ0v) is 7.73. The lowest BCUT2D eigenvalue weighted by Crippen LogP contribution is -2.37. The molecule has 0 aliphatic carbocycles. The summed E-state index contributed by atoms with van der Waals surface area (Å²) < 4.78 is 0. The third-order valence-electron chi connectivity index (χ3n) is 1.77. The minimum Gasteiger partial charge on any atom is -0.366 e. The number of hydrogen-bond acceptors (Lipinski definition) is 3. The second kappa shape index (κ2) is 3.89. The SMILES string of the molecule is CC(=O)N(N)c1ccccc1C(N)=O. The second-order valence-electron chi connectivity index (χ2n) is 2.77. The number of amides is 2. The lowest BCUT2D eigenvalue weighted by atomic mass is 10.1. The molecule has 0 aromatic heterocycles. The maximum Gasteiger partial charge on any atom is 0.250 e. The number of hydrazine groups is 1. The number of primary amides is 1. The van der Waals surface area contributed by atoms with Gasteiger partial charge in [-0.2, -0.15) is 0 Å². The second-order valence-corrected chi connectivity index (χ2v) is 2.77. The Kier molecular flexibility index (Phi) is 2.83. The summed E-state index contributed by atoms with van der Waals surface area (Å²) in [5.41, 5.74) is 5.66. The van der Waals surface area contributed by atoms with Gasteiger partial charge in [0.1, 0.15) is 0 Å². The van der Waals surface area contributed by atoms with Gasteiger partial charge < -0.3 is 5.73 Å². The number of rotatable bonds is 2. The van der Waals surface area contributed by atoms with E-state index in [9.17, 15) is 9.59 Å². The molecule has 5 heteroatoms. The first-order valence-electron chi connectivity index (χ1n) is 3.98. The zero-order chi connectivity index (χ0) is 10.7.